The van der Waals surface area contributed by atoms with Gasteiger partial charge in [-0.25, -0.2) is 4.79 Å². The van der Waals surface area contributed by atoms with Gasteiger partial charge < -0.3 is 18.8 Å². The molecule has 172 valence electrons. The van der Waals surface area contributed by atoms with Crippen LogP contribution in [0.3, 0.4) is 0 Å². The first-order chi connectivity index (χ1) is 16.0. The summed E-state index contributed by atoms with van der Waals surface area (Å²) in [5.41, 5.74) is 1.65. The van der Waals surface area contributed by atoms with Crippen LogP contribution in [0, 0.1) is 0 Å². The molecular formula is C25H25ClN2O5. The molecule has 4 rings (SSSR count). The summed E-state index contributed by atoms with van der Waals surface area (Å²) in [4.78, 5) is 28.5. The first-order valence-electron chi connectivity index (χ1n) is 10.7. The number of amides is 1. The van der Waals surface area contributed by atoms with Crippen molar-refractivity contribution >= 4 is 23.5 Å². The van der Waals surface area contributed by atoms with Crippen LogP contribution in [0.1, 0.15) is 32.2 Å². The van der Waals surface area contributed by atoms with Crippen LogP contribution in [0.4, 0.5) is 0 Å². The second-order valence-electron chi connectivity index (χ2n) is 7.77. The summed E-state index contributed by atoms with van der Waals surface area (Å²) >= 11 is 5.95. The summed E-state index contributed by atoms with van der Waals surface area (Å²) in [6.45, 7) is 3.90. The van der Waals surface area contributed by atoms with Gasteiger partial charge in [0.25, 0.3) is 5.91 Å². The molecule has 1 amide bonds. The summed E-state index contributed by atoms with van der Waals surface area (Å²) in [5.74, 6) is 0.928. The van der Waals surface area contributed by atoms with Crippen molar-refractivity contribution in [3.63, 3.8) is 0 Å². The first-order valence-corrected chi connectivity index (χ1v) is 11.1. The van der Waals surface area contributed by atoms with Gasteiger partial charge >= 0.3 is 5.97 Å². The summed E-state index contributed by atoms with van der Waals surface area (Å²) in [7, 11) is 1.34. The van der Waals surface area contributed by atoms with E-state index in [0.29, 0.717) is 35.9 Å². The maximum atomic E-state index is 12.8. The van der Waals surface area contributed by atoms with Crippen molar-refractivity contribution in [2.24, 2.45) is 0 Å². The minimum atomic E-state index is -0.401. The van der Waals surface area contributed by atoms with E-state index in [-0.39, 0.29) is 12.5 Å². The van der Waals surface area contributed by atoms with Crippen molar-refractivity contribution in [3.8, 4) is 5.75 Å². The van der Waals surface area contributed by atoms with Crippen LogP contribution in [0.25, 0.3) is 0 Å². The van der Waals surface area contributed by atoms with Crippen molar-refractivity contribution in [1.29, 1.82) is 0 Å². The largest absolute Gasteiger partial charge is 0.486 e. The van der Waals surface area contributed by atoms with Crippen LogP contribution in [0.15, 0.2) is 65.1 Å². The number of rotatable bonds is 7. The van der Waals surface area contributed by atoms with Crippen LogP contribution >= 0.6 is 11.6 Å². The molecule has 2 heterocycles. The van der Waals surface area contributed by atoms with Gasteiger partial charge in [-0.05, 0) is 54.1 Å². The summed E-state index contributed by atoms with van der Waals surface area (Å²) in [6.07, 6.45) is 0. The van der Waals surface area contributed by atoms with E-state index in [9.17, 15) is 9.59 Å². The number of hydrogen-bond acceptors (Lipinski definition) is 6. The summed E-state index contributed by atoms with van der Waals surface area (Å²) < 4.78 is 16.1. The minimum Gasteiger partial charge on any atom is -0.486 e. The van der Waals surface area contributed by atoms with E-state index < -0.39 is 5.97 Å². The van der Waals surface area contributed by atoms with E-state index >= 15 is 0 Å². The minimum absolute atomic E-state index is 0.116. The fourth-order valence-electron chi connectivity index (χ4n) is 3.64. The van der Waals surface area contributed by atoms with E-state index in [2.05, 4.69) is 9.64 Å². The standard InChI is InChI=1S/C25H25ClN2O5/c1-31-25(30)19-4-8-21(9-5-19)32-17-22-10-11-23(33-22)24(29)28-14-12-27(13-15-28)16-18-2-6-20(26)7-3-18/h2-11H,12-17H2,1H3. The van der Waals surface area contributed by atoms with E-state index in [1.165, 1.54) is 12.7 Å². The molecule has 0 atom stereocenters. The van der Waals surface area contributed by atoms with Gasteiger partial charge in [0.1, 0.15) is 18.1 Å². The molecule has 1 aromatic heterocycles. The van der Waals surface area contributed by atoms with Gasteiger partial charge in [0.15, 0.2) is 5.76 Å². The van der Waals surface area contributed by atoms with Gasteiger partial charge in [0.05, 0.1) is 12.7 Å². The molecule has 8 heteroatoms. The molecule has 0 radical (unpaired) electrons. The van der Waals surface area contributed by atoms with Crippen LogP contribution in [0.5, 0.6) is 5.75 Å². The lowest BCUT2D eigenvalue weighted by atomic mass is 10.2. The number of ether oxygens (including phenoxy) is 2. The molecule has 33 heavy (non-hydrogen) atoms. The lowest BCUT2D eigenvalue weighted by Crippen LogP contribution is -2.48. The highest BCUT2D eigenvalue weighted by molar-refractivity contribution is 6.30. The number of carbonyl (C=O) groups excluding carboxylic acids is 2. The molecule has 1 saturated heterocycles. The molecule has 2 aromatic carbocycles. The van der Waals surface area contributed by atoms with Crippen LogP contribution in [-0.2, 0) is 17.9 Å². The number of halogens is 1. The molecule has 0 saturated carbocycles. The predicted molar refractivity (Wildman–Crippen MR) is 123 cm³/mol. The lowest BCUT2D eigenvalue weighted by Gasteiger charge is -2.34. The Morgan fingerprint density at radius 1 is 0.939 bits per heavy atom. The maximum absolute atomic E-state index is 12.8. The Morgan fingerprint density at radius 3 is 2.30 bits per heavy atom. The van der Waals surface area contributed by atoms with Gasteiger partial charge in [0.2, 0.25) is 0 Å². The van der Waals surface area contributed by atoms with Crippen molar-refractivity contribution < 1.29 is 23.5 Å². The fraction of sp³-hybridized carbons (Fsp3) is 0.280. The summed E-state index contributed by atoms with van der Waals surface area (Å²) in [6, 6.07) is 17.9. The Labute approximate surface area is 197 Å². The van der Waals surface area contributed by atoms with Crippen molar-refractivity contribution in [1.82, 2.24) is 9.80 Å². The number of furan rings is 1. The van der Waals surface area contributed by atoms with Crippen LogP contribution in [0.2, 0.25) is 5.02 Å². The molecule has 0 bridgehead atoms. The van der Waals surface area contributed by atoms with E-state index in [0.717, 1.165) is 24.7 Å². The zero-order valence-electron chi connectivity index (χ0n) is 18.3. The Hall–Kier alpha value is -3.29. The molecule has 1 fully saturated rings. The lowest BCUT2D eigenvalue weighted by molar-refractivity contribution is 0.0590. The van der Waals surface area contributed by atoms with Crippen molar-refractivity contribution in [3.05, 3.63) is 88.3 Å². The third kappa shape index (κ3) is 5.94. The second kappa shape index (κ2) is 10.6. The SMILES string of the molecule is COC(=O)c1ccc(OCc2ccc(C(=O)N3CCN(Cc4ccc(Cl)cc4)CC3)o2)cc1. The third-order valence-corrected chi connectivity index (χ3v) is 5.76. The topological polar surface area (TPSA) is 72.2 Å². The number of esters is 1. The Morgan fingerprint density at radius 2 is 1.64 bits per heavy atom. The fourth-order valence-corrected chi connectivity index (χ4v) is 3.77. The third-order valence-electron chi connectivity index (χ3n) is 5.51. The highest BCUT2D eigenvalue weighted by atomic mass is 35.5. The maximum Gasteiger partial charge on any atom is 0.337 e. The molecule has 1 aliphatic rings. The smallest absolute Gasteiger partial charge is 0.337 e. The number of benzene rings is 2. The zero-order valence-corrected chi connectivity index (χ0v) is 19.1. The average molecular weight is 469 g/mol. The Balaban J connectivity index is 1.25. The van der Waals surface area contributed by atoms with Gasteiger partial charge in [0, 0.05) is 37.7 Å². The Bertz CT molecular complexity index is 1090. The molecular weight excluding hydrogens is 444 g/mol. The highest BCUT2D eigenvalue weighted by Gasteiger charge is 2.24. The zero-order chi connectivity index (χ0) is 23.2. The van der Waals surface area contributed by atoms with Gasteiger partial charge in [-0.2, -0.15) is 0 Å². The Kier molecular flexibility index (Phi) is 7.32. The monoisotopic (exact) mass is 468 g/mol. The van der Waals surface area contributed by atoms with Gasteiger partial charge in [-0.1, -0.05) is 23.7 Å². The van der Waals surface area contributed by atoms with Gasteiger partial charge in [-0.15, -0.1) is 0 Å². The highest BCUT2D eigenvalue weighted by Crippen LogP contribution is 2.18. The molecule has 3 aromatic rings. The average Bonchev–Trinajstić information content (AvgIpc) is 3.33. The first kappa shape index (κ1) is 22.9. The van der Waals surface area contributed by atoms with Crippen molar-refractivity contribution in [2.75, 3.05) is 33.3 Å². The number of carbonyl (C=O) groups is 2. The quantitative estimate of drug-likeness (QED) is 0.482. The van der Waals surface area contributed by atoms with Crippen molar-refractivity contribution in [2.45, 2.75) is 13.2 Å². The molecule has 0 spiro atoms. The molecule has 0 aliphatic carbocycles. The molecule has 1 aliphatic heterocycles. The number of methoxy groups -OCH3 is 1. The molecule has 0 unspecified atom stereocenters. The van der Waals surface area contributed by atoms with E-state index in [4.69, 9.17) is 20.8 Å². The summed E-state index contributed by atoms with van der Waals surface area (Å²) in [5, 5.41) is 0.730. The number of hydrogen-bond donors (Lipinski definition) is 0. The number of piperazine rings is 1. The van der Waals surface area contributed by atoms with E-state index in [1.807, 2.05) is 29.2 Å². The second-order valence-corrected chi connectivity index (χ2v) is 8.20. The normalized spacial score (nSPS) is 14.2. The van der Waals surface area contributed by atoms with Gasteiger partial charge in [-0.3, -0.25) is 9.69 Å². The van der Waals surface area contributed by atoms with E-state index in [1.54, 1.807) is 36.4 Å². The van der Waals surface area contributed by atoms with Crippen LogP contribution < -0.4 is 4.74 Å². The van der Waals surface area contributed by atoms with Crippen LogP contribution in [-0.4, -0.2) is 55.0 Å². The number of nitrogens with zero attached hydrogens (tertiary/aromatic N) is 2. The molecule has 0 N–H and O–H groups in total. The molecule has 7 nitrogen and oxygen atoms in total. The predicted octanol–water partition coefficient (Wildman–Crippen LogP) is 4.26.